The van der Waals surface area contributed by atoms with E-state index in [9.17, 15) is 4.39 Å². The number of rotatable bonds is 3. The Kier molecular flexibility index (Phi) is 3.98. The average Bonchev–Trinajstić information content (AvgIpc) is 2.17. The van der Waals surface area contributed by atoms with Crippen LogP contribution in [0.5, 0.6) is 0 Å². The predicted octanol–water partition coefficient (Wildman–Crippen LogP) is 3.83. The number of halogens is 1. The van der Waals surface area contributed by atoms with E-state index in [2.05, 4.69) is 11.6 Å². The van der Waals surface area contributed by atoms with Crippen molar-refractivity contribution in [3.8, 4) is 0 Å². The summed E-state index contributed by atoms with van der Waals surface area (Å²) < 4.78 is 12.9. The summed E-state index contributed by atoms with van der Waals surface area (Å²) in [6.45, 7) is 7.39. The van der Waals surface area contributed by atoms with Gasteiger partial charge in [0.15, 0.2) is 0 Å². The second kappa shape index (κ2) is 5.25. The van der Waals surface area contributed by atoms with E-state index < -0.39 is 0 Å². The van der Waals surface area contributed by atoms with Crippen molar-refractivity contribution in [2.75, 3.05) is 0 Å². The van der Waals surface area contributed by atoms with Crippen molar-refractivity contribution >= 4 is 11.8 Å². The summed E-state index contributed by atoms with van der Waals surface area (Å²) in [5.74, 6) is -0.225. The van der Waals surface area contributed by atoms with Gasteiger partial charge in [0, 0.05) is 11.9 Å². The number of benzene rings is 1. The van der Waals surface area contributed by atoms with Crippen LogP contribution >= 0.6 is 0 Å². The monoisotopic (exact) mass is 203 g/mol. The fraction of sp³-hybridized carbons (Fsp3) is 0.154. The first-order chi connectivity index (χ1) is 7.09. The summed E-state index contributed by atoms with van der Waals surface area (Å²) in [7, 11) is 0. The van der Waals surface area contributed by atoms with Crippen molar-refractivity contribution < 1.29 is 4.39 Å². The molecule has 0 amide bonds. The van der Waals surface area contributed by atoms with Gasteiger partial charge in [-0.3, -0.25) is 4.99 Å². The van der Waals surface area contributed by atoms with Crippen molar-refractivity contribution in [1.29, 1.82) is 0 Å². The Hall–Kier alpha value is -1.70. The number of hydrogen-bond acceptors (Lipinski definition) is 1. The summed E-state index contributed by atoms with van der Waals surface area (Å²) in [6, 6.07) is 6.49. The highest BCUT2D eigenvalue weighted by Crippen LogP contribution is 2.13. The Labute approximate surface area is 89.7 Å². The van der Waals surface area contributed by atoms with Crippen molar-refractivity contribution in [2.45, 2.75) is 13.8 Å². The lowest BCUT2D eigenvalue weighted by Crippen LogP contribution is -1.82. The highest BCUT2D eigenvalue weighted by atomic mass is 19.1. The molecule has 0 N–H and O–H groups in total. The maximum Gasteiger partial charge on any atom is 0.123 e. The van der Waals surface area contributed by atoms with Crippen LogP contribution in [0.4, 0.5) is 4.39 Å². The van der Waals surface area contributed by atoms with E-state index in [0.29, 0.717) is 0 Å². The molecule has 0 bridgehead atoms. The van der Waals surface area contributed by atoms with Gasteiger partial charge in [-0.15, -0.1) is 0 Å². The summed E-state index contributed by atoms with van der Waals surface area (Å²) in [6.07, 6.45) is 3.51. The fourth-order valence-electron chi connectivity index (χ4n) is 1.11. The third-order valence-corrected chi connectivity index (χ3v) is 1.90. The normalized spacial score (nSPS) is 12.1. The summed E-state index contributed by atoms with van der Waals surface area (Å²) in [5.41, 5.74) is 2.58. The molecule has 0 aromatic heterocycles. The SMILES string of the molecule is C=C(C)N=C/C=C(\C)c1cccc(F)c1. The molecule has 15 heavy (non-hydrogen) atoms. The molecule has 0 aliphatic heterocycles. The molecule has 0 fully saturated rings. The van der Waals surface area contributed by atoms with Crippen molar-refractivity contribution in [1.82, 2.24) is 0 Å². The van der Waals surface area contributed by atoms with Crippen molar-refractivity contribution in [3.63, 3.8) is 0 Å². The molecule has 0 aliphatic rings. The lowest BCUT2D eigenvalue weighted by Gasteiger charge is -1.99. The lowest BCUT2D eigenvalue weighted by molar-refractivity contribution is 0.627. The van der Waals surface area contributed by atoms with Crippen LogP contribution in [0.25, 0.3) is 5.57 Å². The van der Waals surface area contributed by atoms with Gasteiger partial charge in [-0.05, 0) is 43.2 Å². The van der Waals surface area contributed by atoms with E-state index in [0.717, 1.165) is 16.8 Å². The first-order valence-corrected chi connectivity index (χ1v) is 4.72. The van der Waals surface area contributed by atoms with Gasteiger partial charge in [0.25, 0.3) is 0 Å². The minimum absolute atomic E-state index is 0.225. The van der Waals surface area contributed by atoms with Crippen molar-refractivity contribution in [3.05, 3.63) is 54.0 Å². The maximum atomic E-state index is 12.9. The zero-order valence-electron chi connectivity index (χ0n) is 9.00. The predicted molar refractivity (Wildman–Crippen MR) is 63.4 cm³/mol. The summed E-state index contributed by atoms with van der Waals surface area (Å²) in [4.78, 5) is 4.02. The van der Waals surface area contributed by atoms with E-state index >= 15 is 0 Å². The van der Waals surface area contributed by atoms with Gasteiger partial charge in [-0.25, -0.2) is 4.39 Å². The molecule has 0 heterocycles. The second-order valence-corrected chi connectivity index (χ2v) is 3.37. The molecule has 1 rings (SSSR count). The van der Waals surface area contributed by atoms with Crippen LogP contribution in [0.15, 0.2) is 47.6 Å². The molecular formula is C13H14FN. The Bertz CT molecular complexity index is 416. The lowest BCUT2D eigenvalue weighted by atomic mass is 10.1. The van der Waals surface area contributed by atoms with E-state index in [1.165, 1.54) is 12.1 Å². The van der Waals surface area contributed by atoms with E-state index in [-0.39, 0.29) is 5.82 Å². The van der Waals surface area contributed by atoms with Crippen LogP contribution < -0.4 is 0 Å². The Morgan fingerprint density at radius 1 is 1.40 bits per heavy atom. The zero-order valence-corrected chi connectivity index (χ0v) is 9.00. The molecule has 1 aromatic rings. The van der Waals surface area contributed by atoms with Crippen LogP contribution in [0.3, 0.4) is 0 Å². The Morgan fingerprint density at radius 3 is 2.73 bits per heavy atom. The molecule has 2 heteroatoms. The fourth-order valence-corrected chi connectivity index (χ4v) is 1.11. The molecule has 0 atom stereocenters. The van der Waals surface area contributed by atoms with E-state index in [1.807, 2.05) is 26.0 Å². The Morgan fingerprint density at radius 2 is 2.13 bits per heavy atom. The topological polar surface area (TPSA) is 12.4 Å². The van der Waals surface area contributed by atoms with Crippen molar-refractivity contribution in [2.24, 2.45) is 4.99 Å². The number of allylic oxidation sites excluding steroid dienone is 3. The molecule has 0 spiro atoms. The molecule has 1 aromatic carbocycles. The summed E-state index contributed by atoms with van der Waals surface area (Å²) >= 11 is 0. The third kappa shape index (κ3) is 3.90. The molecule has 0 unspecified atom stereocenters. The van der Waals surface area contributed by atoms with Crippen LogP contribution in [0.1, 0.15) is 19.4 Å². The zero-order chi connectivity index (χ0) is 11.3. The maximum absolute atomic E-state index is 12.9. The molecule has 78 valence electrons. The molecular weight excluding hydrogens is 189 g/mol. The van der Waals surface area contributed by atoms with Crippen LogP contribution in [0, 0.1) is 5.82 Å². The first-order valence-electron chi connectivity index (χ1n) is 4.72. The van der Waals surface area contributed by atoms with Gasteiger partial charge >= 0.3 is 0 Å². The largest absolute Gasteiger partial charge is 0.262 e. The van der Waals surface area contributed by atoms with E-state index in [1.54, 1.807) is 12.3 Å². The Balaban J connectivity index is 2.84. The highest BCUT2D eigenvalue weighted by molar-refractivity contribution is 5.84. The van der Waals surface area contributed by atoms with Gasteiger partial charge in [-0.2, -0.15) is 0 Å². The van der Waals surface area contributed by atoms with Crippen LogP contribution in [0.2, 0.25) is 0 Å². The molecule has 1 nitrogen and oxygen atoms in total. The average molecular weight is 203 g/mol. The van der Waals surface area contributed by atoms with Gasteiger partial charge in [0.2, 0.25) is 0 Å². The number of nitrogens with zero attached hydrogens (tertiary/aromatic N) is 1. The molecule has 0 saturated carbocycles. The van der Waals surface area contributed by atoms with Crippen LogP contribution in [-0.4, -0.2) is 6.21 Å². The summed E-state index contributed by atoms with van der Waals surface area (Å²) in [5, 5.41) is 0. The molecule has 0 saturated heterocycles. The molecule has 0 aliphatic carbocycles. The smallest absolute Gasteiger partial charge is 0.123 e. The van der Waals surface area contributed by atoms with Gasteiger partial charge in [-0.1, -0.05) is 18.7 Å². The third-order valence-electron chi connectivity index (χ3n) is 1.90. The first kappa shape index (κ1) is 11.4. The minimum atomic E-state index is -0.225. The standard InChI is InChI=1S/C13H14FN/c1-10(2)15-8-7-11(3)12-5-4-6-13(14)9-12/h4-9H,1H2,2-3H3/b11-7+,15-8?. The molecule has 0 radical (unpaired) electrons. The van der Waals surface area contributed by atoms with Crippen LogP contribution in [-0.2, 0) is 0 Å². The number of hydrogen-bond donors (Lipinski definition) is 0. The number of aliphatic imine (C=N–C) groups is 1. The quantitative estimate of drug-likeness (QED) is 0.662. The van der Waals surface area contributed by atoms with E-state index in [4.69, 9.17) is 0 Å². The highest BCUT2D eigenvalue weighted by Gasteiger charge is 1.95. The van der Waals surface area contributed by atoms with Gasteiger partial charge < -0.3 is 0 Å². The van der Waals surface area contributed by atoms with Gasteiger partial charge in [0.1, 0.15) is 5.82 Å². The minimum Gasteiger partial charge on any atom is -0.262 e. The van der Waals surface area contributed by atoms with Gasteiger partial charge in [0.05, 0.1) is 0 Å². The second-order valence-electron chi connectivity index (χ2n) is 3.37.